The van der Waals surface area contributed by atoms with Gasteiger partial charge in [0, 0.05) is 12.6 Å². The van der Waals surface area contributed by atoms with Gasteiger partial charge in [0.15, 0.2) is 0 Å². The first kappa shape index (κ1) is 14.9. The molecule has 1 aliphatic rings. The lowest BCUT2D eigenvalue weighted by Gasteiger charge is -2.33. The van der Waals surface area contributed by atoms with E-state index < -0.39 is 5.54 Å². The van der Waals surface area contributed by atoms with Crippen molar-refractivity contribution in [1.29, 1.82) is 0 Å². The summed E-state index contributed by atoms with van der Waals surface area (Å²) in [6.07, 6.45) is 2.15. The molecule has 1 aromatic rings. The molecule has 20 heavy (non-hydrogen) atoms. The highest BCUT2D eigenvalue weighted by Gasteiger charge is 2.39. The molecule has 2 N–H and O–H groups in total. The van der Waals surface area contributed by atoms with E-state index in [0.29, 0.717) is 12.6 Å². The number of rotatable bonds is 6. The highest BCUT2D eigenvalue weighted by molar-refractivity contribution is 5.86. The number of phenols is 1. The first-order valence-electron chi connectivity index (χ1n) is 7.28. The summed E-state index contributed by atoms with van der Waals surface area (Å²) in [6, 6.07) is 7.49. The number of nitrogens with zero attached hydrogens (tertiary/aromatic N) is 1. The number of carbonyl (C=O) groups excluding carboxylic acids is 1. The monoisotopic (exact) mass is 276 g/mol. The van der Waals surface area contributed by atoms with E-state index >= 15 is 0 Å². The molecule has 0 unspecified atom stereocenters. The van der Waals surface area contributed by atoms with Crippen molar-refractivity contribution in [3.05, 3.63) is 29.8 Å². The van der Waals surface area contributed by atoms with Gasteiger partial charge in [0.2, 0.25) is 5.91 Å². The Kier molecular flexibility index (Phi) is 4.33. The summed E-state index contributed by atoms with van der Waals surface area (Å²) in [4.78, 5) is 14.7. The van der Waals surface area contributed by atoms with Crippen molar-refractivity contribution < 1.29 is 9.90 Å². The molecule has 1 aromatic carbocycles. The zero-order valence-electron chi connectivity index (χ0n) is 12.5. The number of likely N-dealkylation sites (N-methyl/N-ethyl adjacent to an activating group) is 1. The summed E-state index contributed by atoms with van der Waals surface area (Å²) in [5, 5.41) is 12.8. The van der Waals surface area contributed by atoms with E-state index in [0.717, 1.165) is 24.9 Å². The van der Waals surface area contributed by atoms with Crippen LogP contribution in [0.4, 0.5) is 0 Å². The lowest BCUT2D eigenvalue weighted by Crippen LogP contribution is -2.54. The Bertz CT molecular complexity index is 481. The third-order valence-electron chi connectivity index (χ3n) is 3.67. The number of phenolic OH excluding ortho intramolecular Hbond substituents is 1. The molecule has 2 rings (SSSR count). The van der Waals surface area contributed by atoms with Crippen LogP contribution in [0.15, 0.2) is 24.3 Å². The fourth-order valence-corrected chi connectivity index (χ4v) is 2.48. The Morgan fingerprint density at radius 1 is 1.45 bits per heavy atom. The largest absolute Gasteiger partial charge is 0.508 e. The molecule has 4 nitrogen and oxygen atoms in total. The number of benzene rings is 1. The predicted molar refractivity (Wildman–Crippen MR) is 79.4 cm³/mol. The van der Waals surface area contributed by atoms with E-state index in [9.17, 15) is 9.90 Å². The molecule has 0 aliphatic heterocycles. The van der Waals surface area contributed by atoms with Gasteiger partial charge in [-0.05, 0) is 50.9 Å². The van der Waals surface area contributed by atoms with Gasteiger partial charge < -0.3 is 15.3 Å². The minimum atomic E-state index is -0.547. The number of nitrogens with one attached hydrogen (secondary N) is 1. The van der Waals surface area contributed by atoms with Crippen molar-refractivity contribution in [2.24, 2.45) is 0 Å². The van der Waals surface area contributed by atoms with Gasteiger partial charge >= 0.3 is 0 Å². The molecule has 0 atom stereocenters. The number of carbonyl (C=O) groups is 1. The molecule has 0 heterocycles. The zero-order valence-corrected chi connectivity index (χ0v) is 12.5. The number of aromatic hydroxyl groups is 1. The minimum Gasteiger partial charge on any atom is -0.508 e. The molecule has 0 saturated heterocycles. The lowest BCUT2D eigenvalue weighted by molar-refractivity contribution is -0.138. The van der Waals surface area contributed by atoms with Crippen LogP contribution in [0.25, 0.3) is 0 Å². The van der Waals surface area contributed by atoms with Gasteiger partial charge in [0.25, 0.3) is 0 Å². The molecular formula is C16H24N2O2. The van der Waals surface area contributed by atoms with Crippen LogP contribution < -0.4 is 5.32 Å². The topological polar surface area (TPSA) is 52.6 Å². The van der Waals surface area contributed by atoms with E-state index in [2.05, 4.69) is 5.32 Å². The summed E-state index contributed by atoms with van der Waals surface area (Å²) in [6.45, 7) is 7.19. The third kappa shape index (κ3) is 3.51. The van der Waals surface area contributed by atoms with Gasteiger partial charge in [-0.25, -0.2) is 0 Å². The SMILES string of the molecule is CCNC(C)(C)C(=O)N(Cc1cccc(O)c1)C1CC1. The molecule has 1 saturated carbocycles. The Morgan fingerprint density at radius 2 is 2.15 bits per heavy atom. The fraction of sp³-hybridized carbons (Fsp3) is 0.562. The maximum absolute atomic E-state index is 12.7. The molecule has 1 aliphatic carbocycles. The van der Waals surface area contributed by atoms with Crippen LogP contribution in [0.3, 0.4) is 0 Å². The summed E-state index contributed by atoms with van der Waals surface area (Å²) in [7, 11) is 0. The molecule has 0 radical (unpaired) electrons. The first-order chi connectivity index (χ1) is 9.44. The Hall–Kier alpha value is -1.55. The van der Waals surface area contributed by atoms with E-state index in [-0.39, 0.29) is 11.7 Å². The third-order valence-corrected chi connectivity index (χ3v) is 3.67. The van der Waals surface area contributed by atoms with Crippen LogP contribution in [0.2, 0.25) is 0 Å². The van der Waals surface area contributed by atoms with Crippen molar-refractivity contribution in [2.75, 3.05) is 6.54 Å². The normalized spacial score (nSPS) is 15.2. The molecule has 0 bridgehead atoms. The van der Waals surface area contributed by atoms with Crippen LogP contribution in [0, 0.1) is 0 Å². The zero-order chi connectivity index (χ0) is 14.8. The van der Waals surface area contributed by atoms with E-state index in [1.807, 2.05) is 37.8 Å². The van der Waals surface area contributed by atoms with Crippen molar-refractivity contribution >= 4 is 5.91 Å². The van der Waals surface area contributed by atoms with Gasteiger partial charge in [-0.2, -0.15) is 0 Å². The molecular weight excluding hydrogens is 252 g/mol. The average molecular weight is 276 g/mol. The fourth-order valence-electron chi connectivity index (χ4n) is 2.48. The number of hydrogen-bond donors (Lipinski definition) is 2. The van der Waals surface area contributed by atoms with Crippen molar-refractivity contribution in [3.63, 3.8) is 0 Å². The van der Waals surface area contributed by atoms with E-state index in [1.54, 1.807) is 12.1 Å². The van der Waals surface area contributed by atoms with Crippen LogP contribution in [0.5, 0.6) is 5.75 Å². The molecule has 4 heteroatoms. The molecule has 0 spiro atoms. The van der Waals surface area contributed by atoms with Crippen LogP contribution in [-0.2, 0) is 11.3 Å². The summed E-state index contributed by atoms with van der Waals surface area (Å²) < 4.78 is 0. The number of amides is 1. The maximum atomic E-state index is 12.7. The standard InChI is InChI=1S/C16H24N2O2/c1-4-17-16(2,3)15(20)18(13-8-9-13)11-12-6-5-7-14(19)10-12/h5-7,10,13,17,19H,4,8-9,11H2,1-3H3. The molecule has 0 aromatic heterocycles. The predicted octanol–water partition coefficient (Wildman–Crippen LogP) is 2.27. The Labute approximate surface area is 120 Å². The second-order valence-corrected chi connectivity index (χ2v) is 5.99. The Morgan fingerprint density at radius 3 is 2.70 bits per heavy atom. The van der Waals surface area contributed by atoms with Crippen molar-refractivity contribution in [1.82, 2.24) is 10.2 Å². The van der Waals surface area contributed by atoms with Gasteiger partial charge in [-0.1, -0.05) is 19.1 Å². The minimum absolute atomic E-state index is 0.130. The van der Waals surface area contributed by atoms with Gasteiger partial charge in [0.05, 0.1) is 5.54 Å². The second-order valence-electron chi connectivity index (χ2n) is 5.99. The Balaban J connectivity index is 2.13. The van der Waals surface area contributed by atoms with Crippen molar-refractivity contribution in [2.45, 2.75) is 51.7 Å². The number of hydrogen-bond acceptors (Lipinski definition) is 3. The highest BCUT2D eigenvalue weighted by atomic mass is 16.3. The summed E-state index contributed by atoms with van der Waals surface area (Å²) >= 11 is 0. The van der Waals surface area contributed by atoms with Crippen LogP contribution in [-0.4, -0.2) is 34.0 Å². The average Bonchev–Trinajstić information content (AvgIpc) is 3.19. The smallest absolute Gasteiger partial charge is 0.242 e. The van der Waals surface area contributed by atoms with Gasteiger partial charge in [0.1, 0.15) is 5.75 Å². The maximum Gasteiger partial charge on any atom is 0.242 e. The highest BCUT2D eigenvalue weighted by Crippen LogP contribution is 2.30. The quantitative estimate of drug-likeness (QED) is 0.838. The molecule has 110 valence electrons. The molecule has 1 fully saturated rings. The van der Waals surface area contributed by atoms with Gasteiger partial charge in [-0.3, -0.25) is 4.79 Å². The van der Waals surface area contributed by atoms with Crippen LogP contribution in [0.1, 0.15) is 39.2 Å². The first-order valence-corrected chi connectivity index (χ1v) is 7.28. The second kappa shape index (κ2) is 5.83. The summed E-state index contributed by atoms with van der Waals surface area (Å²) in [5.74, 6) is 0.377. The summed E-state index contributed by atoms with van der Waals surface area (Å²) in [5.41, 5.74) is 0.422. The van der Waals surface area contributed by atoms with Crippen molar-refractivity contribution in [3.8, 4) is 5.75 Å². The van der Waals surface area contributed by atoms with Crippen LogP contribution >= 0.6 is 0 Å². The van der Waals surface area contributed by atoms with E-state index in [1.165, 1.54) is 0 Å². The van der Waals surface area contributed by atoms with E-state index in [4.69, 9.17) is 0 Å². The van der Waals surface area contributed by atoms with Gasteiger partial charge in [-0.15, -0.1) is 0 Å². The molecule has 1 amide bonds. The lowest BCUT2D eigenvalue weighted by atomic mass is 10.0.